The number of rotatable bonds is 5. The van der Waals surface area contributed by atoms with Crippen molar-refractivity contribution in [3.05, 3.63) is 12.2 Å². The van der Waals surface area contributed by atoms with E-state index in [1.807, 2.05) is 0 Å². The lowest BCUT2D eigenvalue weighted by atomic mass is 9.49. The zero-order valence-corrected chi connectivity index (χ0v) is 16.2. The van der Waals surface area contributed by atoms with Crippen LogP contribution in [0.3, 0.4) is 0 Å². The maximum absolute atomic E-state index is 13.0. The molecule has 5 fully saturated rings. The minimum atomic E-state index is -0.234. The molecule has 1 atom stereocenters. The number of nitrogens with one attached hydrogen (secondary N) is 2. The van der Waals surface area contributed by atoms with E-state index < -0.39 is 0 Å². The van der Waals surface area contributed by atoms with Crippen LogP contribution in [0.1, 0.15) is 56.8 Å². The number of morpholine rings is 1. The number of ether oxygens (including phenoxy) is 1. The molecule has 1 aromatic rings. The highest BCUT2D eigenvalue weighted by Gasteiger charge is 2.54. The first-order chi connectivity index (χ1) is 13.6. The summed E-state index contributed by atoms with van der Waals surface area (Å²) in [6, 6.07) is -0.234. The van der Waals surface area contributed by atoms with Crippen LogP contribution in [0.2, 0.25) is 0 Å². The second kappa shape index (κ2) is 7.13. The molecule has 6 rings (SSSR count). The van der Waals surface area contributed by atoms with E-state index in [9.17, 15) is 9.59 Å². The van der Waals surface area contributed by atoms with Gasteiger partial charge in [0.05, 0.1) is 13.2 Å². The SMILES string of the molecule is O=C(CCNC(=O)C12CC3CC(CC(C3)C1)C2)N1CCOC[C@H]1c1ncn[nH]1. The van der Waals surface area contributed by atoms with E-state index in [2.05, 4.69) is 20.5 Å². The molecule has 0 aromatic carbocycles. The van der Waals surface area contributed by atoms with Crippen molar-refractivity contribution in [1.29, 1.82) is 0 Å². The Kier molecular flexibility index (Phi) is 4.61. The molecule has 0 spiro atoms. The van der Waals surface area contributed by atoms with Gasteiger partial charge in [0.2, 0.25) is 11.8 Å². The number of hydrogen-bond donors (Lipinski definition) is 2. The van der Waals surface area contributed by atoms with Crippen molar-refractivity contribution < 1.29 is 14.3 Å². The molecule has 152 valence electrons. The van der Waals surface area contributed by atoms with Crippen molar-refractivity contribution in [1.82, 2.24) is 25.4 Å². The van der Waals surface area contributed by atoms with Crippen LogP contribution < -0.4 is 5.32 Å². The fraction of sp³-hybridized carbons (Fsp3) is 0.800. The first kappa shape index (κ1) is 18.1. The summed E-state index contributed by atoms with van der Waals surface area (Å²) in [4.78, 5) is 31.8. The monoisotopic (exact) mass is 387 g/mol. The molecule has 4 saturated carbocycles. The lowest BCUT2D eigenvalue weighted by Crippen LogP contribution is -2.54. The smallest absolute Gasteiger partial charge is 0.226 e. The lowest BCUT2D eigenvalue weighted by Gasteiger charge is -2.55. The van der Waals surface area contributed by atoms with Crippen LogP contribution in [0.5, 0.6) is 0 Å². The fourth-order valence-corrected chi connectivity index (χ4v) is 6.51. The maximum Gasteiger partial charge on any atom is 0.226 e. The predicted molar refractivity (Wildman–Crippen MR) is 99.9 cm³/mol. The lowest BCUT2D eigenvalue weighted by molar-refractivity contribution is -0.146. The molecule has 2 N–H and O–H groups in total. The Morgan fingerprint density at radius 3 is 2.57 bits per heavy atom. The molecule has 5 aliphatic rings. The molecule has 8 nitrogen and oxygen atoms in total. The summed E-state index contributed by atoms with van der Waals surface area (Å²) in [5.41, 5.74) is -0.154. The number of carbonyl (C=O) groups is 2. The molecule has 2 heterocycles. The standard InChI is InChI=1S/C20H29N5O3/c26-17(25-3-4-28-11-16(25)18-22-12-23-24-18)1-2-21-19(27)20-8-13-5-14(9-20)7-15(6-13)10-20/h12-16H,1-11H2,(H,21,27)(H,22,23,24)/t13?,14?,15?,16-,20?/m0/s1. The number of nitrogens with zero attached hydrogens (tertiary/aromatic N) is 3. The number of aromatic amines is 1. The van der Waals surface area contributed by atoms with E-state index in [1.165, 1.54) is 25.6 Å². The van der Waals surface area contributed by atoms with Crippen molar-refractivity contribution in [2.75, 3.05) is 26.3 Å². The van der Waals surface area contributed by atoms with Crippen molar-refractivity contribution in [3.8, 4) is 0 Å². The molecule has 4 bridgehead atoms. The van der Waals surface area contributed by atoms with Crippen LogP contribution in [0.4, 0.5) is 0 Å². The summed E-state index contributed by atoms with van der Waals surface area (Å²) in [6.07, 6.45) is 8.88. The molecule has 0 unspecified atom stereocenters. The molecule has 0 radical (unpaired) electrons. The largest absolute Gasteiger partial charge is 0.377 e. The Labute approximate surface area is 164 Å². The van der Waals surface area contributed by atoms with E-state index in [1.54, 1.807) is 4.90 Å². The summed E-state index contributed by atoms with van der Waals surface area (Å²) >= 11 is 0. The van der Waals surface area contributed by atoms with E-state index in [0.29, 0.717) is 38.5 Å². The van der Waals surface area contributed by atoms with Crippen molar-refractivity contribution in [3.63, 3.8) is 0 Å². The molecule has 1 aliphatic heterocycles. The van der Waals surface area contributed by atoms with Crippen molar-refractivity contribution in [2.45, 2.75) is 51.0 Å². The summed E-state index contributed by atoms with van der Waals surface area (Å²) in [5, 5.41) is 9.82. The normalized spacial score (nSPS) is 36.5. The first-order valence-corrected chi connectivity index (χ1v) is 10.6. The molecule has 8 heteroatoms. The Morgan fingerprint density at radius 2 is 1.93 bits per heavy atom. The highest BCUT2D eigenvalue weighted by molar-refractivity contribution is 5.84. The maximum atomic E-state index is 13.0. The minimum absolute atomic E-state index is 0.0236. The average molecular weight is 387 g/mol. The number of amides is 2. The van der Waals surface area contributed by atoms with Gasteiger partial charge < -0.3 is 15.0 Å². The van der Waals surface area contributed by atoms with Gasteiger partial charge >= 0.3 is 0 Å². The van der Waals surface area contributed by atoms with Crippen molar-refractivity contribution in [2.24, 2.45) is 23.2 Å². The average Bonchev–Trinajstić information content (AvgIpc) is 3.21. The Bertz CT molecular complexity index is 699. The highest BCUT2D eigenvalue weighted by atomic mass is 16.5. The van der Waals surface area contributed by atoms with Gasteiger partial charge in [-0.15, -0.1) is 0 Å². The number of hydrogen-bond acceptors (Lipinski definition) is 5. The second-order valence-corrected chi connectivity index (χ2v) is 9.25. The summed E-state index contributed by atoms with van der Waals surface area (Å²) in [7, 11) is 0. The van der Waals surface area contributed by atoms with Crippen LogP contribution in [-0.2, 0) is 14.3 Å². The van der Waals surface area contributed by atoms with Crippen LogP contribution in [-0.4, -0.2) is 58.2 Å². The molecule has 28 heavy (non-hydrogen) atoms. The summed E-state index contributed by atoms with van der Waals surface area (Å²) in [5.74, 6) is 3.09. The third-order valence-electron chi connectivity index (χ3n) is 7.34. The van der Waals surface area contributed by atoms with Gasteiger partial charge in [-0.3, -0.25) is 14.7 Å². The Balaban J connectivity index is 1.16. The quantitative estimate of drug-likeness (QED) is 0.796. The van der Waals surface area contributed by atoms with Crippen LogP contribution >= 0.6 is 0 Å². The molecule has 1 saturated heterocycles. The van der Waals surface area contributed by atoms with E-state index in [0.717, 1.165) is 37.0 Å². The molecule has 2 amide bonds. The molecular weight excluding hydrogens is 358 g/mol. The van der Waals surface area contributed by atoms with Gasteiger partial charge in [-0.1, -0.05) is 0 Å². The molecule has 4 aliphatic carbocycles. The second-order valence-electron chi connectivity index (χ2n) is 9.25. The summed E-state index contributed by atoms with van der Waals surface area (Å²) in [6.45, 7) is 1.88. The van der Waals surface area contributed by atoms with Gasteiger partial charge in [-0.2, -0.15) is 5.10 Å². The third kappa shape index (κ3) is 3.21. The van der Waals surface area contributed by atoms with Gasteiger partial charge in [0.15, 0.2) is 0 Å². The Hall–Kier alpha value is -1.96. The predicted octanol–water partition coefficient (Wildman–Crippen LogP) is 1.43. The number of aromatic nitrogens is 3. The van der Waals surface area contributed by atoms with E-state index in [4.69, 9.17) is 4.74 Å². The van der Waals surface area contributed by atoms with Gasteiger partial charge in [-0.25, -0.2) is 4.98 Å². The zero-order chi connectivity index (χ0) is 19.1. The van der Waals surface area contributed by atoms with Crippen molar-refractivity contribution >= 4 is 11.8 Å². The zero-order valence-electron chi connectivity index (χ0n) is 16.2. The summed E-state index contributed by atoms with van der Waals surface area (Å²) < 4.78 is 5.52. The van der Waals surface area contributed by atoms with Gasteiger partial charge in [-0.05, 0) is 56.3 Å². The van der Waals surface area contributed by atoms with Crippen LogP contribution in [0.25, 0.3) is 0 Å². The van der Waals surface area contributed by atoms with Gasteiger partial charge in [0.1, 0.15) is 18.2 Å². The number of H-pyrrole nitrogens is 1. The van der Waals surface area contributed by atoms with Crippen LogP contribution in [0.15, 0.2) is 6.33 Å². The van der Waals surface area contributed by atoms with E-state index in [-0.39, 0.29) is 23.3 Å². The first-order valence-electron chi connectivity index (χ1n) is 10.6. The molecular formula is C20H29N5O3. The fourth-order valence-electron chi connectivity index (χ4n) is 6.51. The minimum Gasteiger partial charge on any atom is -0.377 e. The van der Waals surface area contributed by atoms with Gasteiger partial charge in [0, 0.05) is 24.9 Å². The number of carbonyl (C=O) groups excluding carboxylic acids is 2. The third-order valence-corrected chi connectivity index (χ3v) is 7.34. The highest BCUT2D eigenvalue weighted by Crippen LogP contribution is 2.60. The van der Waals surface area contributed by atoms with E-state index >= 15 is 0 Å². The van der Waals surface area contributed by atoms with Crippen LogP contribution in [0, 0.1) is 23.2 Å². The molecule has 1 aromatic heterocycles. The topological polar surface area (TPSA) is 100 Å². The Morgan fingerprint density at radius 1 is 1.21 bits per heavy atom. The van der Waals surface area contributed by atoms with Gasteiger partial charge in [0.25, 0.3) is 0 Å².